The zero-order valence-corrected chi connectivity index (χ0v) is 13.2. The third-order valence-corrected chi connectivity index (χ3v) is 6.96. The summed E-state index contributed by atoms with van der Waals surface area (Å²) >= 11 is 0. The second-order valence-corrected chi connectivity index (χ2v) is 7.87. The van der Waals surface area contributed by atoms with Crippen LogP contribution in [0.1, 0.15) is 35.1 Å². The van der Waals surface area contributed by atoms with E-state index in [-0.39, 0.29) is 0 Å². The highest BCUT2D eigenvalue weighted by Crippen LogP contribution is 2.44. The van der Waals surface area contributed by atoms with Crippen LogP contribution in [0, 0.1) is 0 Å². The van der Waals surface area contributed by atoms with Crippen LogP contribution in [0.3, 0.4) is 0 Å². The molecular weight excluding hydrogens is 280 g/mol. The largest absolute Gasteiger partial charge is 0.0608 e. The van der Waals surface area contributed by atoms with Crippen LogP contribution in [0.4, 0.5) is 0 Å². The molecule has 0 N–H and O–H groups in total. The van der Waals surface area contributed by atoms with E-state index in [1.54, 1.807) is 22.3 Å². The minimum absolute atomic E-state index is 1.27. The number of fused-ring (bicyclic) bond motifs is 2. The van der Waals surface area contributed by atoms with Gasteiger partial charge in [-0.25, -0.2) is 0 Å². The van der Waals surface area contributed by atoms with E-state index >= 15 is 0 Å². The molecule has 0 spiro atoms. The molecule has 2 aromatic carbocycles. The van der Waals surface area contributed by atoms with Crippen LogP contribution in [0.15, 0.2) is 46.2 Å². The van der Waals surface area contributed by atoms with Gasteiger partial charge in [0.1, 0.15) is 0 Å². The molecule has 0 saturated heterocycles. The van der Waals surface area contributed by atoms with Crippen LogP contribution in [-0.2, 0) is 25.7 Å². The molecule has 0 aromatic heterocycles. The fourth-order valence-corrected chi connectivity index (χ4v) is 6.01. The molecule has 2 aliphatic carbocycles. The Labute approximate surface area is 128 Å². The lowest BCUT2D eigenvalue weighted by Crippen LogP contribution is -1.86. The summed E-state index contributed by atoms with van der Waals surface area (Å²) in [7, 11) is 3.92. The van der Waals surface area contributed by atoms with Crippen molar-refractivity contribution < 1.29 is 0 Å². The van der Waals surface area contributed by atoms with Crippen molar-refractivity contribution in [1.29, 1.82) is 0 Å². The first-order chi connectivity index (χ1) is 9.92. The second-order valence-electron chi connectivity index (χ2n) is 5.66. The van der Waals surface area contributed by atoms with Crippen LogP contribution in [-0.4, -0.2) is 0 Å². The zero-order valence-electron chi connectivity index (χ0n) is 11.5. The average molecular weight is 298 g/mol. The summed E-state index contributed by atoms with van der Waals surface area (Å²) < 4.78 is 0. The van der Waals surface area contributed by atoms with E-state index in [1.165, 1.54) is 48.3 Å². The van der Waals surface area contributed by atoms with Gasteiger partial charge in [0.2, 0.25) is 0 Å². The topological polar surface area (TPSA) is 0 Å². The van der Waals surface area contributed by atoms with E-state index in [1.807, 2.05) is 21.6 Å². The van der Waals surface area contributed by atoms with Gasteiger partial charge in [-0.15, -0.1) is 0 Å². The standard InChI is InChI=1S/C18H18S2/c1-5-13-7-3-11-17(15(13)9-1)19-20-18-12-4-8-14-6-2-10-16(14)18/h3-4,7-8,11-12H,1-2,5-6,9-10H2. The van der Waals surface area contributed by atoms with Gasteiger partial charge in [0.05, 0.1) is 0 Å². The number of hydrogen-bond donors (Lipinski definition) is 0. The maximum Gasteiger partial charge on any atom is 0.0221 e. The molecule has 0 fully saturated rings. The summed E-state index contributed by atoms with van der Waals surface area (Å²) in [4.78, 5) is 2.97. The Balaban J connectivity index is 1.57. The van der Waals surface area contributed by atoms with E-state index in [4.69, 9.17) is 0 Å². The molecule has 0 radical (unpaired) electrons. The molecule has 0 amide bonds. The van der Waals surface area contributed by atoms with E-state index in [0.717, 1.165) is 0 Å². The summed E-state index contributed by atoms with van der Waals surface area (Å²) in [6, 6.07) is 13.6. The average Bonchev–Trinajstić information content (AvgIpc) is 3.13. The fourth-order valence-electron chi connectivity index (χ4n) is 3.42. The van der Waals surface area contributed by atoms with Crippen molar-refractivity contribution in [3.05, 3.63) is 58.7 Å². The summed E-state index contributed by atoms with van der Waals surface area (Å²) in [5.41, 5.74) is 6.37. The predicted octanol–water partition coefficient (Wildman–Crippen LogP) is 5.46. The third kappa shape index (κ3) is 2.29. The van der Waals surface area contributed by atoms with Crippen molar-refractivity contribution in [3.63, 3.8) is 0 Å². The molecular formula is C18H18S2. The molecule has 0 saturated carbocycles. The number of hydrogen-bond acceptors (Lipinski definition) is 2. The monoisotopic (exact) mass is 298 g/mol. The summed E-state index contributed by atoms with van der Waals surface area (Å²) in [5, 5.41) is 0. The van der Waals surface area contributed by atoms with E-state index in [2.05, 4.69) is 36.4 Å². The van der Waals surface area contributed by atoms with E-state index < -0.39 is 0 Å². The van der Waals surface area contributed by atoms with Gasteiger partial charge in [-0.3, -0.25) is 0 Å². The third-order valence-electron chi connectivity index (χ3n) is 4.43. The minimum atomic E-state index is 1.27. The molecule has 2 aliphatic rings. The molecule has 20 heavy (non-hydrogen) atoms. The van der Waals surface area contributed by atoms with Crippen molar-refractivity contribution in [1.82, 2.24) is 0 Å². The molecule has 102 valence electrons. The fraction of sp³-hybridized carbons (Fsp3) is 0.333. The van der Waals surface area contributed by atoms with Gasteiger partial charge in [0, 0.05) is 9.79 Å². The Morgan fingerprint density at radius 3 is 1.60 bits per heavy atom. The van der Waals surface area contributed by atoms with Crippen LogP contribution in [0.5, 0.6) is 0 Å². The van der Waals surface area contributed by atoms with Gasteiger partial charge >= 0.3 is 0 Å². The Hall–Kier alpha value is -0.860. The van der Waals surface area contributed by atoms with E-state index in [0.29, 0.717) is 0 Å². The highest BCUT2D eigenvalue weighted by atomic mass is 33.1. The van der Waals surface area contributed by atoms with Crippen LogP contribution < -0.4 is 0 Å². The zero-order chi connectivity index (χ0) is 13.4. The van der Waals surface area contributed by atoms with Crippen molar-refractivity contribution in [2.24, 2.45) is 0 Å². The Morgan fingerprint density at radius 1 is 0.600 bits per heavy atom. The Kier molecular flexibility index (Phi) is 3.53. The van der Waals surface area contributed by atoms with Crippen LogP contribution >= 0.6 is 21.6 Å². The molecule has 2 heteroatoms. The molecule has 0 bridgehead atoms. The first kappa shape index (κ1) is 12.8. The van der Waals surface area contributed by atoms with Crippen molar-refractivity contribution >= 4 is 21.6 Å². The van der Waals surface area contributed by atoms with Gasteiger partial charge in [-0.1, -0.05) is 45.9 Å². The quantitative estimate of drug-likeness (QED) is 0.690. The molecule has 4 rings (SSSR count). The predicted molar refractivity (Wildman–Crippen MR) is 88.6 cm³/mol. The highest BCUT2D eigenvalue weighted by molar-refractivity contribution is 8.76. The number of aryl methyl sites for hydroxylation is 2. The molecule has 0 atom stereocenters. The summed E-state index contributed by atoms with van der Waals surface area (Å²) in [5.74, 6) is 0. The Morgan fingerprint density at radius 2 is 1.10 bits per heavy atom. The highest BCUT2D eigenvalue weighted by Gasteiger charge is 2.17. The first-order valence-corrected chi connectivity index (χ1v) is 9.63. The Bertz CT molecular complexity index is 588. The van der Waals surface area contributed by atoms with Gasteiger partial charge in [-0.2, -0.15) is 0 Å². The lowest BCUT2D eigenvalue weighted by Gasteiger charge is -2.10. The van der Waals surface area contributed by atoms with Gasteiger partial charge in [0.15, 0.2) is 0 Å². The molecule has 0 aliphatic heterocycles. The minimum Gasteiger partial charge on any atom is -0.0608 e. The van der Waals surface area contributed by atoms with Crippen molar-refractivity contribution in [2.75, 3.05) is 0 Å². The second kappa shape index (κ2) is 5.50. The number of benzene rings is 2. The maximum atomic E-state index is 2.30. The van der Waals surface area contributed by atoms with Crippen molar-refractivity contribution in [2.45, 2.75) is 48.3 Å². The lowest BCUT2D eigenvalue weighted by atomic mass is 10.1. The molecule has 0 unspecified atom stereocenters. The van der Waals surface area contributed by atoms with Gasteiger partial charge in [-0.05, 0) is 72.9 Å². The maximum absolute atomic E-state index is 2.30. The van der Waals surface area contributed by atoms with Crippen molar-refractivity contribution in [3.8, 4) is 0 Å². The lowest BCUT2D eigenvalue weighted by molar-refractivity contribution is 0.905. The molecule has 0 heterocycles. The first-order valence-electron chi connectivity index (χ1n) is 7.48. The normalized spacial score (nSPS) is 16.2. The van der Waals surface area contributed by atoms with Crippen LogP contribution in [0.2, 0.25) is 0 Å². The SMILES string of the molecule is c1cc2c(c(SSc3cccc4c3CCC4)c1)CCC2. The smallest absolute Gasteiger partial charge is 0.0221 e. The number of rotatable bonds is 3. The summed E-state index contributed by atoms with van der Waals surface area (Å²) in [6.45, 7) is 0. The molecule has 0 nitrogen and oxygen atoms in total. The van der Waals surface area contributed by atoms with Gasteiger partial charge < -0.3 is 0 Å². The van der Waals surface area contributed by atoms with Crippen LogP contribution in [0.25, 0.3) is 0 Å². The van der Waals surface area contributed by atoms with Gasteiger partial charge in [0.25, 0.3) is 0 Å². The molecule has 2 aromatic rings. The van der Waals surface area contributed by atoms with E-state index in [9.17, 15) is 0 Å². The summed E-state index contributed by atoms with van der Waals surface area (Å²) in [6.07, 6.45) is 7.75.